The molecule has 2 rings (SSSR count). The van der Waals surface area contributed by atoms with E-state index >= 15 is 0 Å². The lowest BCUT2D eigenvalue weighted by Crippen LogP contribution is -2.25. The van der Waals surface area contributed by atoms with Gasteiger partial charge in [0.25, 0.3) is 0 Å². The number of aromatic nitrogens is 2. The van der Waals surface area contributed by atoms with Crippen LogP contribution in [-0.2, 0) is 0 Å². The van der Waals surface area contributed by atoms with Gasteiger partial charge in [0.2, 0.25) is 0 Å². The maximum Gasteiger partial charge on any atom is 0.119 e. The van der Waals surface area contributed by atoms with Crippen LogP contribution in [0.3, 0.4) is 0 Å². The number of nitrogens with one attached hydrogen (secondary N) is 1. The highest BCUT2D eigenvalue weighted by molar-refractivity contribution is 9.10. The zero-order chi connectivity index (χ0) is 13.5. The minimum absolute atomic E-state index is 0.169. The minimum Gasteiger partial charge on any atom is -0.492 e. The average Bonchev–Trinajstić information content (AvgIpc) is 2.46. The molecule has 0 fully saturated rings. The van der Waals surface area contributed by atoms with E-state index in [-0.39, 0.29) is 6.04 Å². The summed E-state index contributed by atoms with van der Waals surface area (Å²) in [7, 11) is 0. The second-order valence-electron chi connectivity index (χ2n) is 4.11. The summed E-state index contributed by atoms with van der Waals surface area (Å²) in [6, 6.07) is 7.98. The van der Waals surface area contributed by atoms with E-state index in [1.807, 2.05) is 24.3 Å². The quantitative estimate of drug-likeness (QED) is 0.831. The molecule has 1 aromatic heterocycles. The molecule has 0 aliphatic rings. The van der Waals surface area contributed by atoms with E-state index in [4.69, 9.17) is 4.74 Å². The predicted octanol–water partition coefficient (Wildman–Crippen LogP) is 2.97. The minimum atomic E-state index is 0.169. The summed E-state index contributed by atoms with van der Waals surface area (Å²) in [5.41, 5.74) is 0.936. The molecule has 1 N–H and O–H groups in total. The average molecular weight is 322 g/mol. The summed E-state index contributed by atoms with van der Waals surface area (Å²) in [5, 5.41) is 3.34. The zero-order valence-corrected chi connectivity index (χ0v) is 12.3. The van der Waals surface area contributed by atoms with Gasteiger partial charge in [-0.1, -0.05) is 15.9 Å². The highest BCUT2D eigenvalue weighted by Crippen LogP contribution is 2.15. The van der Waals surface area contributed by atoms with E-state index in [1.54, 1.807) is 18.6 Å². The fourth-order valence-electron chi connectivity index (χ4n) is 1.61. The van der Waals surface area contributed by atoms with Gasteiger partial charge in [-0.2, -0.15) is 0 Å². The summed E-state index contributed by atoms with van der Waals surface area (Å²) >= 11 is 3.39. The van der Waals surface area contributed by atoms with Crippen LogP contribution >= 0.6 is 15.9 Å². The molecule has 5 heteroatoms. The van der Waals surface area contributed by atoms with Crippen molar-refractivity contribution in [1.82, 2.24) is 15.3 Å². The van der Waals surface area contributed by atoms with E-state index in [0.29, 0.717) is 6.61 Å². The van der Waals surface area contributed by atoms with Crippen molar-refractivity contribution in [3.8, 4) is 5.75 Å². The number of nitrogens with zero attached hydrogens (tertiary/aromatic N) is 2. The molecular formula is C14H16BrN3O. The van der Waals surface area contributed by atoms with Crippen LogP contribution < -0.4 is 10.1 Å². The molecule has 2 aromatic rings. The lowest BCUT2D eigenvalue weighted by atomic mass is 10.2. The first-order chi connectivity index (χ1) is 9.25. The number of halogens is 1. The fourth-order valence-corrected chi connectivity index (χ4v) is 1.88. The van der Waals surface area contributed by atoms with Crippen molar-refractivity contribution in [2.75, 3.05) is 13.2 Å². The van der Waals surface area contributed by atoms with Crippen LogP contribution in [0.25, 0.3) is 0 Å². The number of benzene rings is 1. The van der Waals surface area contributed by atoms with E-state index in [1.165, 1.54) is 0 Å². The predicted molar refractivity (Wildman–Crippen MR) is 78.1 cm³/mol. The van der Waals surface area contributed by atoms with Gasteiger partial charge in [-0.3, -0.25) is 9.97 Å². The Hall–Kier alpha value is -1.46. The maximum absolute atomic E-state index is 5.63. The first-order valence-electron chi connectivity index (χ1n) is 6.13. The van der Waals surface area contributed by atoms with Gasteiger partial charge < -0.3 is 10.1 Å². The number of rotatable bonds is 6. The van der Waals surface area contributed by atoms with Crippen molar-refractivity contribution < 1.29 is 4.74 Å². The van der Waals surface area contributed by atoms with Crippen LogP contribution in [0.2, 0.25) is 0 Å². The van der Waals surface area contributed by atoms with E-state index < -0.39 is 0 Å². The molecular weight excluding hydrogens is 306 g/mol. The topological polar surface area (TPSA) is 47.0 Å². The normalized spacial score (nSPS) is 12.1. The standard InChI is InChI=1S/C14H16BrN3O/c1-11(14-10-16-6-7-18-14)17-8-9-19-13-4-2-12(15)3-5-13/h2-7,10-11,17H,8-9H2,1H3. The van der Waals surface area contributed by atoms with Crippen molar-refractivity contribution in [2.24, 2.45) is 0 Å². The van der Waals surface area contributed by atoms with Crippen LogP contribution in [0.1, 0.15) is 18.7 Å². The summed E-state index contributed by atoms with van der Waals surface area (Å²) in [4.78, 5) is 8.31. The van der Waals surface area contributed by atoms with Gasteiger partial charge in [-0.15, -0.1) is 0 Å². The first-order valence-corrected chi connectivity index (χ1v) is 6.92. The molecule has 0 spiro atoms. The van der Waals surface area contributed by atoms with Crippen LogP contribution in [0.15, 0.2) is 47.3 Å². The molecule has 0 amide bonds. The van der Waals surface area contributed by atoms with E-state index in [0.717, 1.165) is 22.5 Å². The molecule has 1 atom stereocenters. The van der Waals surface area contributed by atoms with Crippen molar-refractivity contribution in [3.63, 3.8) is 0 Å². The molecule has 1 unspecified atom stereocenters. The highest BCUT2D eigenvalue weighted by atomic mass is 79.9. The Labute approximate surface area is 121 Å². The zero-order valence-electron chi connectivity index (χ0n) is 10.7. The van der Waals surface area contributed by atoms with Gasteiger partial charge in [0.15, 0.2) is 0 Å². The van der Waals surface area contributed by atoms with Crippen molar-refractivity contribution >= 4 is 15.9 Å². The van der Waals surface area contributed by atoms with E-state index in [9.17, 15) is 0 Å². The van der Waals surface area contributed by atoms with Gasteiger partial charge in [0.1, 0.15) is 12.4 Å². The monoisotopic (exact) mass is 321 g/mol. The molecule has 4 nitrogen and oxygen atoms in total. The Kier molecular flexibility index (Phi) is 5.30. The Bertz CT molecular complexity index is 490. The lowest BCUT2D eigenvalue weighted by Gasteiger charge is -2.13. The molecule has 0 aliphatic heterocycles. The van der Waals surface area contributed by atoms with Crippen molar-refractivity contribution in [1.29, 1.82) is 0 Å². The molecule has 0 saturated carbocycles. The van der Waals surface area contributed by atoms with Gasteiger partial charge >= 0.3 is 0 Å². The maximum atomic E-state index is 5.63. The number of ether oxygens (including phenoxy) is 1. The molecule has 100 valence electrons. The fraction of sp³-hybridized carbons (Fsp3) is 0.286. The molecule has 0 radical (unpaired) electrons. The summed E-state index contributed by atoms with van der Waals surface area (Å²) in [6.07, 6.45) is 5.14. The molecule has 1 aromatic carbocycles. The second-order valence-corrected chi connectivity index (χ2v) is 5.02. The van der Waals surface area contributed by atoms with Gasteiger partial charge in [-0.05, 0) is 31.2 Å². The molecule has 0 bridgehead atoms. The molecule has 19 heavy (non-hydrogen) atoms. The summed E-state index contributed by atoms with van der Waals surface area (Å²) < 4.78 is 6.68. The Morgan fingerprint density at radius 3 is 2.74 bits per heavy atom. The van der Waals surface area contributed by atoms with Gasteiger partial charge in [-0.25, -0.2) is 0 Å². The third-order valence-corrected chi connectivity index (χ3v) is 3.19. The summed E-state index contributed by atoms with van der Waals surface area (Å²) in [6.45, 7) is 3.43. The van der Waals surface area contributed by atoms with Crippen LogP contribution in [0, 0.1) is 0 Å². The second kappa shape index (κ2) is 7.21. The largest absolute Gasteiger partial charge is 0.492 e. The molecule has 0 saturated heterocycles. The SMILES string of the molecule is CC(NCCOc1ccc(Br)cc1)c1cnccn1. The highest BCUT2D eigenvalue weighted by Gasteiger charge is 2.05. The first kappa shape index (κ1) is 14.0. The van der Waals surface area contributed by atoms with Crippen LogP contribution in [0.4, 0.5) is 0 Å². The smallest absolute Gasteiger partial charge is 0.119 e. The molecule has 1 heterocycles. The third-order valence-electron chi connectivity index (χ3n) is 2.66. The van der Waals surface area contributed by atoms with Crippen LogP contribution in [-0.4, -0.2) is 23.1 Å². The van der Waals surface area contributed by atoms with E-state index in [2.05, 4.69) is 38.1 Å². The van der Waals surface area contributed by atoms with Crippen LogP contribution in [0.5, 0.6) is 5.75 Å². The number of hydrogen-bond donors (Lipinski definition) is 1. The van der Waals surface area contributed by atoms with Crippen molar-refractivity contribution in [3.05, 3.63) is 53.0 Å². The number of hydrogen-bond acceptors (Lipinski definition) is 4. The summed E-state index contributed by atoms with van der Waals surface area (Å²) in [5.74, 6) is 0.872. The Morgan fingerprint density at radius 2 is 2.05 bits per heavy atom. The Morgan fingerprint density at radius 1 is 1.26 bits per heavy atom. The molecule has 0 aliphatic carbocycles. The van der Waals surface area contributed by atoms with Crippen molar-refractivity contribution in [2.45, 2.75) is 13.0 Å². The Balaban J connectivity index is 1.71. The third kappa shape index (κ3) is 4.61. The lowest BCUT2D eigenvalue weighted by molar-refractivity contribution is 0.307. The van der Waals surface area contributed by atoms with Gasteiger partial charge in [0.05, 0.1) is 5.69 Å². The van der Waals surface area contributed by atoms with Gasteiger partial charge in [0, 0.05) is 35.6 Å².